The van der Waals surface area contributed by atoms with E-state index < -0.39 is 42.4 Å². The summed E-state index contributed by atoms with van der Waals surface area (Å²) in [5.74, 6) is 0. The molecule has 4 atom stereocenters. The zero-order valence-electron chi connectivity index (χ0n) is 9.43. The van der Waals surface area contributed by atoms with Gasteiger partial charge in [0.15, 0.2) is 6.23 Å². The van der Waals surface area contributed by atoms with Crippen LogP contribution in [0.2, 0.25) is 0 Å². The molecule has 1 aliphatic heterocycles. The summed E-state index contributed by atoms with van der Waals surface area (Å²) in [6.45, 7) is -0.483. The molecule has 2 rings (SSSR count). The van der Waals surface area contributed by atoms with E-state index in [-0.39, 0.29) is 0 Å². The number of halogens is 1. The van der Waals surface area contributed by atoms with E-state index in [1.165, 1.54) is 0 Å². The van der Waals surface area contributed by atoms with Gasteiger partial charge in [0.1, 0.15) is 24.9 Å². The molecule has 0 saturated carbocycles. The highest BCUT2D eigenvalue weighted by molar-refractivity contribution is 4.92. The van der Waals surface area contributed by atoms with Gasteiger partial charge in [-0.15, -0.1) is 0 Å². The number of nitrogens with zero attached hydrogens (tertiary/aromatic N) is 1. The van der Waals surface area contributed by atoms with Crippen LogP contribution < -0.4 is 11.2 Å². The van der Waals surface area contributed by atoms with Gasteiger partial charge in [-0.25, -0.2) is 4.79 Å². The Morgan fingerprint density at radius 2 is 2.16 bits per heavy atom. The van der Waals surface area contributed by atoms with Gasteiger partial charge in [-0.2, -0.15) is 4.89 Å². The zero-order valence-corrected chi connectivity index (χ0v) is 9.43. The van der Waals surface area contributed by atoms with Crippen molar-refractivity contribution in [2.45, 2.75) is 24.5 Å². The Labute approximate surface area is 104 Å². The van der Waals surface area contributed by atoms with Gasteiger partial charge in [0, 0.05) is 12.3 Å². The third-order valence-corrected chi connectivity index (χ3v) is 2.74. The maximum absolute atomic E-state index is 11.5. The number of aromatic amines is 1. The Kier molecular flexibility index (Phi) is 4.07. The van der Waals surface area contributed by atoms with Crippen molar-refractivity contribution in [3.05, 3.63) is 33.1 Å². The van der Waals surface area contributed by atoms with Crippen molar-refractivity contribution in [1.29, 1.82) is 0 Å². The van der Waals surface area contributed by atoms with Gasteiger partial charge in [0.25, 0.3) is 5.56 Å². The summed E-state index contributed by atoms with van der Waals surface area (Å²) < 4.78 is 17.4. The quantitative estimate of drug-likeness (QED) is 0.429. The lowest BCUT2D eigenvalue weighted by atomic mass is 10.1. The highest BCUT2D eigenvalue weighted by atomic mass is 19.3. The molecule has 19 heavy (non-hydrogen) atoms. The van der Waals surface area contributed by atoms with Crippen LogP contribution in [0, 0.1) is 0 Å². The molecule has 2 heterocycles. The van der Waals surface area contributed by atoms with Gasteiger partial charge in [-0.3, -0.25) is 14.3 Å². The van der Waals surface area contributed by atoms with Gasteiger partial charge in [-0.05, 0) is 9.62 Å². The first-order valence-electron chi connectivity index (χ1n) is 5.28. The summed E-state index contributed by atoms with van der Waals surface area (Å²) >= 11 is 0. The molecule has 1 aromatic heterocycles. The maximum atomic E-state index is 11.5. The fourth-order valence-corrected chi connectivity index (χ4v) is 1.82. The number of rotatable bonds is 4. The number of H-pyrrole nitrogens is 1. The first-order valence-corrected chi connectivity index (χ1v) is 5.28. The normalized spacial score (nSPS) is 30.7. The van der Waals surface area contributed by atoms with E-state index in [2.05, 4.69) is 9.98 Å². The van der Waals surface area contributed by atoms with Gasteiger partial charge in [0.05, 0.1) is 0 Å². The third-order valence-electron chi connectivity index (χ3n) is 2.74. The first kappa shape index (κ1) is 13.8. The molecule has 1 aliphatic rings. The molecule has 106 valence electrons. The van der Waals surface area contributed by atoms with E-state index in [9.17, 15) is 24.3 Å². The van der Waals surface area contributed by atoms with Crippen molar-refractivity contribution >= 4 is 0 Å². The van der Waals surface area contributed by atoms with Crippen LogP contribution in [0.5, 0.6) is 0 Å². The van der Waals surface area contributed by atoms with E-state index in [0.29, 0.717) is 0 Å². The average Bonchev–Trinajstić information content (AvgIpc) is 2.64. The van der Waals surface area contributed by atoms with Crippen LogP contribution in [-0.2, 0) is 14.7 Å². The van der Waals surface area contributed by atoms with Gasteiger partial charge in [-0.1, -0.05) is 0 Å². The number of hydrogen-bond donors (Lipinski definition) is 3. The van der Waals surface area contributed by atoms with Gasteiger partial charge < -0.3 is 14.9 Å². The van der Waals surface area contributed by atoms with E-state index in [1.807, 2.05) is 4.98 Å². The summed E-state index contributed by atoms with van der Waals surface area (Å²) in [4.78, 5) is 28.4. The molecule has 0 radical (unpaired) electrons. The second-order valence-corrected chi connectivity index (χ2v) is 3.91. The molecule has 9 nitrogen and oxygen atoms in total. The van der Waals surface area contributed by atoms with Crippen molar-refractivity contribution in [3.8, 4) is 0 Å². The molecule has 3 N–H and O–H groups in total. The second-order valence-electron chi connectivity index (χ2n) is 3.91. The van der Waals surface area contributed by atoms with Crippen LogP contribution in [0.15, 0.2) is 21.9 Å². The fourth-order valence-electron chi connectivity index (χ4n) is 1.82. The van der Waals surface area contributed by atoms with E-state index >= 15 is 0 Å². The van der Waals surface area contributed by atoms with E-state index in [0.717, 1.165) is 16.8 Å². The Balaban J connectivity index is 2.21. The van der Waals surface area contributed by atoms with Crippen LogP contribution in [0.3, 0.4) is 0 Å². The minimum absolute atomic E-state index is 0.483. The lowest BCUT2D eigenvalue weighted by Gasteiger charge is -2.16. The van der Waals surface area contributed by atoms with Crippen LogP contribution in [-0.4, -0.2) is 44.7 Å². The predicted molar refractivity (Wildman–Crippen MR) is 55.4 cm³/mol. The second kappa shape index (κ2) is 5.59. The summed E-state index contributed by atoms with van der Waals surface area (Å²) in [7, 11) is 0. The molecular formula is C9H11FN2O7. The summed E-state index contributed by atoms with van der Waals surface area (Å²) in [6.07, 6.45) is -4.06. The zero-order chi connectivity index (χ0) is 14.0. The minimum Gasteiger partial charge on any atom is -0.387 e. The van der Waals surface area contributed by atoms with Crippen LogP contribution in [0.4, 0.5) is 4.53 Å². The number of aliphatic hydroxyl groups is 2. The van der Waals surface area contributed by atoms with Gasteiger partial charge in [0.2, 0.25) is 0 Å². The highest BCUT2D eigenvalue weighted by Gasteiger charge is 2.44. The largest absolute Gasteiger partial charge is 0.387 e. The summed E-state index contributed by atoms with van der Waals surface area (Å²) in [6, 6.07) is 1.05. The average molecular weight is 278 g/mol. The number of aromatic nitrogens is 2. The molecule has 1 saturated heterocycles. The summed E-state index contributed by atoms with van der Waals surface area (Å²) in [5.41, 5.74) is -1.42. The molecule has 0 unspecified atom stereocenters. The first-order chi connectivity index (χ1) is 9.04. The molecule has 10 heteroatoms. The monoisotopic (exact) mass is 278 g/mol. The number of ether oxygens (including phenoxy) is 1. The molecule has 1 aromatic rings. The van der Waals surface area contributed by atoms with Crippen molar-refractivity contribution in [1.82, 2.24) is 9.55 Å². The van der Waals surface area contributed by atoms with Crippen molar-refractivity contribution < 1.29 is 29.5 Å². The molecule has 0 aromatic carbocycles. The highest BCUT2D eigenvalue weighted by Crippen LogP contribution is 2.28. The van der Waals surface area contributed by atoms with E-state index in [1.54, 1.807) is 0 Å². The van der Waals surface area contributed by atoms with Crippen molar-refractivity contribution in [3.63, 3.8) is 0 Å². The lowest BCUT2D eigenvalue weighted by Crippen LogP contribution is -2.37. The van der Waals surface area contributed by atoms with Crippen LogP contribution in [0.25, 0.3) is 0 Å². The Morgan fingerprint density at radius 3 is 2.79 bits per heavy atom. The molecule has 0 spiro atoms. The number of nitrogens with one attached hydrogen (secondary N) is 1. The van der Waals surface area contributed by atoms with Crippen LogP contribution >= 0.6 is 0 Å². The Bertz CT molecular complexity index is 544. The Hall–Kier alpha value is -1.59. The van der Waals surface area contributed by atoms with Gasteiger partial charge >= 0.3 is 5.69 Å². The molecule has 0 bridgehead atoms. The smallest absolute Gasteiger partial charge is 0.330 e. The number of aliphatic hydroxyl groups excluding tert-OH is 2. The van der Waals surface area contributed by atoms with Crippen LogP contribution in [0.1, 0.15) is 6.23 Å². The Morgan fingerprint density at radius 1 is 1.42 bits per heavy atom. The molecule has 0 amide bonds. The standard InChI is InChI=1S/C9H11FN2O7/c10-19-17-3-4-6(14)7(15)8(18-4)12-2-1-5(13)11-9(12)16/h1-2,4,6-8,14-15H,3H2,(H,11,13,16)/t4-,6-,7-,8-/m1/s1. The lowest BCUT2D eigenvalue weighted by molar-refractivity contribution is -0.436. The van der Waals surface area contributed by atoms with Crippen molar-refractivity contribution in [2.24, 2.45) is 0 Å². The molecule has 1 fully saturated rings. The maximum Gasteiger partial charge on any atom is 0.330 e. The molecular weight excluding hydrogens is 267 g/mol. The SMILES string of the molecule is O=c1ccn([C@@H]2O[C@H](COOF)[C@@H](O)[C@H]2O)c(=O)[nH]1. The van der Waals surface area contributed by atoms with Crippen molar-refractivity contribution in [2.75, 3.05) is 6.61 Å². The van der Waals surface area contributed by atoms with E-state index in [4.69, 9.17) is 4.74 Å². The minimum atomic E-state index is -1.45. The third kappa shape index (κ3) is 2.72. The summed E-state index contributed by atoms with van der Waals surface area (Å²) in [5, 5.41) is 22.3. The fraction of sp³-hybridized carbons (Fsp3) is 0.556. The predicted octanol–water partition coefficient (Wildman–Crippen LogP) is -2.01. The number of hydrogen-bond acceptors (Lipinski definition) is 7. The topological polar surface area (TPSA) is 123 Å². The molecule has 0 aliphatic carbocycles.